The highest BCUT2D eigenvalue weighted by Gasteiger charge is 2.19. The molecule has 1 fully saturated rings. The topological polar surface area (TPSA) is 54.7 Å². The van der Waals surface area contributed by atoms with Gasteiger partial charge in [-0.3, -0.25) is 4.90 Å². The number of aryl methyl sites for hydroxylation is 1. The second-order valence-corrected chi connectivity index (χ2v) is 5.21. The fourth-order valence-corrected chi connectivity index (χ4v) is 2.59. The maximum atomic E-state index is 5.81. The fraction of sp³-hybridized carbons (Fsp3) is 0.571. The van der Waals surface area contributed by atoms with Crippen molar-refractivity contribution in [3.8, 4) is 0 Å². The normalized spacial score (nSPS) is 20.4. The third kappa shape index (κ3) is 2.76. The Bertz CT molecular complexity index is 582. The monoisotopic (exact) mass is 275 g/mol. The summed E-state index contributed by atoms with van der Waals surface area (Å²) in [4.78, 5) is 6.65. The number of likely N-dealkylation sites (N-methyl/N-ethyl adjacent to an activating group) is 1. The van der Waals surface area contributed by atoms with E-state index >= 15 is 0 Å². The van der Waals surface area contributed by atoms with E-state index in [9.17, 15) is 0 Å². The molecule has 3 heterocycles. The molecule has 2 aromatic heterocycles. The van der Waals surface area contributed by atoms with Crippen molar-refractivity contribution in [1.29, 1.82) is 0 Å². The second kappa shape index (κ2) is 5.76. The zero-order chi connectivity index (χ0) is 13.9. The van der Waals surface area contributed by atoms with Crippen LogP contribution in [-0.2, 0) is 4.74 Å². The van der Waals surface area contributed by atoms with Crippen LogP contribution in [0.2, 0.25) is 0 Å². The van der Waals surface area contributed by atoms with Crippen LogP contribution < -0.4 is 5.32 Å². The van der Waals surface area contributed by atoms with Crippen molar-refractivity contribution in [3.05, 3.63) is 24.0 Å². The van der Waals surface area contributed by atoms with E-state index in [-0.39, 0.29) is 6.10 Å². The molecule has 0 spiro atoms. The molecule has 1 aliphatic rings. The summed E-state index contributed by atoms with van der Waals surface area (Å²) in [7, 11) is 0. The Morgan fingerprint density at radius 3 is 3.20 bits per heavy atom. The first kappa shape index (κ1) is 13.3. The smallest absolute Gasteiger partial charge is 0.157 e. The van der Waals surface area contributed by atoms with Crippen molar-refractivity contribution in [2.24, 2.45) is 0 Å². The molecule has 1 atom stereocenters. The molecule has 0 bridgehead atoms. The summed E-state index contributed by atoms with van der Waals surface area (Å²) in [6.45, 7) is 8.95. The first-order chi connectivity index (χ1) is 9.76. The zero-order valence-corrected chi connectivity index (χ0v) is 12.0. The van der Waals surface area contributed by atoms with Crippen molar-refractivity contribution in [2.45, 2.75) is 20.0 Å². The number of nitrogens with zero attached hydrogens (tertiary/aromatic N) is 4. The lowest BCUT2D eigenvalue weighted by Crippen LogP contribution is -2.45. The van der Waals surface area contributed by atoms with Gasteiger partial charge < -0.3 is 10.1 Å². The number of pyridine rings is 1. The molecule has 6 heteroatoms. The van der Waals surface area contributed by atoms with Crippen LogP contribution in [0.25, 0.3) is 5.65 Å². The van der Waals surface area contributed by atoms with E-state index in [0.717, 1.165) is 44.3 Å². The molecule has 20 heavy (non-hydrogen) atoms. The summed E-state index contributed by atoms with van der Waals surface area (Å²) >= 11 is 0. The van der Waals surface area contributed by atoms with Gasteiger partial charge in [0.1, 0.15) is 12.1 Å². The van der Waals surface area contributed by atoms with E-state index in [1.807, 2.05) is 10.6 Å². The SMILES string of the molecule is CCN1CCOC(CNc2cc(C)cc3ncnn23)C1. The summed E-state index contributed by atoms with van der Waals surface area (Å²) in [5, 5.41) is 7.68. The largest absolute Gasteiger partial charge is 0.374 e. The number of anilines is 1. The zero-order valence-electron chi connectivity index (χ0n) is 12.0. The van der Waals surface area contributed by atoms with E-state index in [2.05, 4.69) is 40.2 Å². The van der Waals surface area contributed by atoms with E-state index in [1.54, 1.807) is 6.33 Å². The van der Waals surface area contributed by atoms with Crippen LogP contribution in [0.4, 0.5) is 5.82 Å². The van der Waals surface area contributed by atoms with Gasteiger partial charge in [0, 0.05) is 19.6 Å². The van der Waals surface area contributed by atoms with Crippen LogP contribution in [-0.4, -0.2) is 58.4 Å². The molecule has 1 N–H and O–H groups in total. The van der Waals surface area contributed by atoms with Gasteiger partial charge in [-0.1, -0.05) is 6.92 Å². The molecule has 3 rings (SSSR count). The quantitative estimate of drug-likeness (QED) is 0.908. The summed E-state index contributed by atoms with van der Waals surface area (Å²) in [6.07, 6.45) is 1.80. The first-order valence-corrected chi connectivity index (χ1v) is 7.14. The number of ether oxygens (including phenoxy) is 1. The maximum absolute atomic E-state index is 5.81. The Morgan fingerprint density at radius 2 is 2.35 bits per heavy atom. The summed E-state index contributed by atoms with van der Waals surface area (Å²) < 4.78 is 7.63. The highest BCUT2D eigenvalue weighted by atomic mass is 16.5. The molecule has 108 valence electrons. The molecule has 0 saturated carbocycles. The highest BCUT2D eigenvalue weighted by molar-refractivity contribution is 5.51. The van der Waals surface area contributed by atoms with Crippen LogP contribution in [0.3, 0.4) is 0 Å². The summed E-state index contributed by atoms with van der Waals surface area (Å²) in [6, 6.07) is 4.11. The summed E-state index contributed by atoms with van der Waals surface area (Å²) in [5.41, 5.74) is 2.04. The lowest BCUT2D eigenvalue weighted by atomic mass is 10.2. The van der Waals surface area contributed by atoms with Crippen molar-refractivity contribution in [3.63, 3.8) is 0 Å². The van der Waals surface area contributed by atoms with Crippen molar-refractivity contribution in [2.75, 3.05) is 38.1 Å². The van der Waals surface area contributed by atoms with Crippen LogP contribution in [0.1, 0.15) is 12.5 Å². The van der Waals surface area contributed by atoms with Gasteiger partial charge in [0.25, 0.3) is 0 Å². The number of nitrogens with one attached hydrogen (secondary N) is 1. The fourth-order valence-electron chi connectivity index (χ4n) is 2.59. The molecule has 1 saturated heterocycles. The number of hydrogen-bond donors (Lipinski definition) is 1. The van der Waals surface area contributed by atoms with Gasteiger partial charge in [-0.2, -0.15) is 9.61 Å². The molecule has 0 aromatic carbocycles. The molecule has 1 aliphatic heterocycles. The number of morpholine rings is 1. The van der Waals surface area contributed by atoms with Crippen molar-refractivity contribution in [1.82, 2.24) is 19.5 Å². The molecular weight excluding hydrogens is 254 g/mol. The Balaban J connectivity index is 1.69. The Morgan fingerprint density at radius 1 is 1.45 bits per heavy atom. The van der Waals surface area contributed by atoms with Gasteiger partial charge in [0.05, 0.1) is 12.7 Å². The van der Waals surface area contributed by atoms with Crippen molar-refractivity contribution < 1.29 is 4.74 Å². The van der Waals surface area contributed by atoms with Gasteiger partial charge in [-0.25, -0.2) is 4.98 Å². The van der Waals surface area contributed by atoms with E-state index in [0.29, 0.717) is 0 Å². The standard InChI is InChI=1S/C14H21N5O/c1-3-18-4-5-20-12(9-18)8-15-13-6-11(2)7-14-16-10-17-19(13)14/h6-7,10,12,15H,3-5,8-9H2,1-2H3. The maximum Gasteiger partial charge on any atom is 0.157 e. The van der Waals surface area contributed by atoms with Crippen LogP contribution in [0.5, 0.6) is 0 Å². The molecule has 0 aliphatic carbocycles. The lowest BCUT2D eigenvalue weighted by molar-refractivity contribution is -0.0192. The molecule has 0 radical (unpaired) electrons. The minimum absolute atomic E-state index is 0.225. The number of fused-ring (bicyclic) bond motifs is 1. The van der Waals surface area contributed by atoms with Gasteiger partial charge in [-0.15, -0.1) is 0 Å². The first-order valence-electron chi connectivity index (χ1n) is 7.14. The molecular formula is C14H21N5O. The molecule has 2 aromatic rings. The average Bonchev–Trinajstić information content (AvgIpc) is 2.93. The van der Waals surface area contributed by atoms with Gasteiger partial charge in [0.2, 0.25) is 0 Å². The molecule has 6 nitrogen and oxygen atoms in total. The lowest BCUT2D eigenvalue weighted by Gasteiger charge is -2.32. The predicted octanol–water partition coefficient (Wildman–Crippen LogP) is 1.17. The molecule has 1 unspecified atom stereocenters. The second-order valence-electron chi connectivity index (χ2n) is 5.21. The Hall–Kier alpha value is -1.66. The Labute approximate surface area is 118 Å². The van der Waals surface area contributed by atoms with Crippen LogP contribution in [0, 0.1) is 6.92 Å². The number of hydrogen-bond acceptors (Lipinski definition) is 5. The summed E-state index contributed by atoms with van der Waals surface area (Å²) in [5.74, 6) is 0.967. The third-order valence-corrected chi connectivity index (χ3v) is 3.70. The average molecular weight is 275 g/mol. The predicted molar refractivity (Wildman–Crippen MR) is 78.1 cm³/mol. The third-order valence-electron chi connectivity index (χ3n) is 3.70. The van der Waals surface area contributed by atoms with Crippen LogP contribution >= 0.6 is 0 Å². The van der Waals surface area contributed by atoms with E-state index in [4.69, 9.17) is 4.74 Å². The van der Waals surface area contributed by atoms with Gasteiger partial charge in [0.15, 0.2) is 5.65 Å². The number of rotatable bonds is 4. The van der Waals surface area contributed by atoms with E-state index < -0.39 is 0 Å². The van der Waals surface area contributed by atoms with Gasteiger partial charge >= 0.3 is 0 Å². The van der Waals surface area contributed by atoms with Crippen LogP contribution in [0.15, 0.2) is 18.5 Å². The Kier molecular flexibility index (Phi) is 3.84. The number of aromatic nitrogens is 3. The van der Waals surface area contributed by atoms with Gasteiger partial charge in [-0.05, 0) is 31.2 Å². The minimum atomic E-state index is 0.225. The minimum Gasteiger partial charge on any atom is -0.374 e. The molecule has 0 amide bonds. The highest BCUT2D eigenvalue weighted by Crippen LogP contribution is 2.14. The van der Waals surface area contributed by atoms with E-state index in [1.165, 1.54) is 5.56 Å². The van der Waals surface area contributed by atoms with Crippen molar-refractivity contribution >= 4 is 11.5 Å².